The van der Waals surface area contributed by atoms with E-state index in [4.69, 9.17) is 5.39 Å². The highest BCUT2D eigenvalue weighted by Gasteiger charge is 2.11. The summed E-state index contributed by atoms with van der Waals surface area (Å²) in [7, 11) is -2.16. The number of nitrogens with zero attached hydrogens (tertiary/aromatic N) is 2. The predicted octanol–water partition coefficient (Wildman–Crippen LogP) is 0.558. The van der Waals surface area contributed by atoms with Crippen molar-refractivity contribution in [2.45, 2.75) is 6.42 Å². The lowest BCUT2D eigenvalue weighted by molar-refractivity contribution is 0.627. The minimum absolute atomic E-state index is 0. The molecule has 0 aromatic heterocycles. The Kier molecular flexibility index (Phi) is 3.90. The first-order valence-corrected chi connectivity index (χ1v) is 4.00. The first-order valence-electron chi connectivity index (χ1n) is 2.92. The van der Waals surface area contributed by atoms with Crippen molar-refractivity contribution in [3.63, 3.8) is 0 Å². The molecule has 0 aliphatic heterocycles. The van der Waals surface area contributed by atoms with Crippen molar-refractivity contribution in [2.75, 3.05) is 0 Å². The zero-order valence-corrected chi connectivity index (χ0v) is 6.82. The third kappa shape index (κ3) is 2.30. The highest BCUT2D eigenvalue weighted by molar-refractivity contribution is 7.73. The second-order valence-electron chi connectivity index (χ2n) is 1.97. The Balaban J connectivity index is 0.00000121. The molecule has 0 unspecified atom stereocenters. The van der Waals surface area contributed by atoms with E-state index >= 15 is 0 Å². The minimum atomic E-state index is -2.16. The summed E-state index contributed by atoms with van der Waals surface area (Å²) < 4.78 is 20.7. The molecule has 1 aliphatic carbocycles. The lowest BCUT2D eigenvalue weighted by Gasteiger charge is -1.90. The molecule has 1 rings (SSSR count). The van der Waals surface area contributed by atoms with Gasteiger partial charge in [-0.1, -0.05) is 0 Å². The van der Waals surface area contributed by atoms with Crippen LogP contribution in [0.2, 0.25) is 0 Å². The van der Waals surface area contributed by atoms with Gasteiger partial charge in [-0.3, -0.25) is 0 Å². The molecule has 1 N–H and O–H groups in total. The highest BCUT2D eigenvalue weighted by Crippen LogP contribution is 2.07. The summed E-state index contributed by atoms with van der Waals surface area (Å²) in [6.07, 6.45) is 4.68. The summed E-state index contributed by atoms with van der Waals surface area (Å²) in [6.45, 7) is 0. The lowest BCUT2D eigenvalue weighted by atomic mass is 10.1. The Hall–Kier alpha value is -1.45. The molecule has 0 aromatic rings. The monoisotopic (exact) mass is 186 g/mol. The maximum absolute atomic E-state index is 10.3. The van der Waals surface area contributed by atoms with Crippen molar-refractivity contribution in [1.82, 2.24) is 0 Å². The van der Waals surface area contributed by atoms with Crippen molar-refractivity contribution in [2.24, 2.45) is 0 Å². The van der Waals surface area contributed by atoms with Gasteiger partial charge in [0.05, 0.1) is 4.86 Å². The fourth-order valence-electron chi connectivity index (χ4n) is 0.717. The van der Waals surface area contributed by atoms with Crippen LogP contribution in [0.3, 0.4) is 0 Å². The maximum atomic E-state index is 10.3. The van der Waals surface area contributed by atoms with Crippen LogP contribution >= 0.6 is 0 Å². The fraction of sp³-hybridized carbons (Fsp3) is 0.167. The van der Waals surface area contributed by atoms with Crippen molar-refractivity contribution >= 4 is 15.2 Å². The van der Waals surface area contributed by atoms with Crippen LogP contribution in [-0.4, -0.2) is 18.8 Å². The molecular formula is C6H6N2O3S. The van der Waals surface area contributed by atoms with Gasteiger partial charge in [-0.05, 0) is 6.08 Å². The van der Waals surface area contributed by atoms with Crippen molar-refractivity contribution in [3.05, 3.63) is 28.9 Å². The van der Waals surface area contributed by atoms with Crippen molar-refractivity contribution in [3.8, 4) is 0 Å². The van der Waals surface area contributed by atoms with E-state index in [9.17, 15) is 8.42 Å². The second kappa shape index (κ2) is 4.43. The molecule has 6 heteroatoms. The van der Waals surface area contributed by atoms with Crippen LogP contribution < -0.4 is 0 Å². The van der Waals surface area contributed by atoms with Gasteiger partial charge in [0.2, 0.25) is 15.7 Å². The number of hydrogen-bond acceptors (Lipinski definition) is 4. The van der Waals surface area contributed by atoms with E-state index in [1.54, 1.807) is 0 Å². The summed E-state index contributed by atoms with van der Waals surface area (Å²) in [5.74, 6) is 0. The van der Waals surface area contributed by atoms with Gasteiger partial charge in [0, 0.05) is 18.6 Å². The molecule has 0 bridgehead atoms. The molecule has 64 valence electrons. The van der Waals surface area contributed by atoms with Gasteiger partial charge in [0.15, 0.2) is 4.98 Å². The Morgan fingerprint density at radius 3 is 2.42 bits per heavy atom. The average Bonchev–Trinajstić information content (AvgIpc) is 2.05. The van der Waals surface area contributed by atoms with Gasteiger partial charge in [-0.15, -0.1) is 0 Å². The van der Waals surface area contributed by atoms with E-state index < -0.39 is 10.3 Å². The molecule has 0 saturated heterocycles. The van der Waals surface area contributed by atoms with Gasteiger partial charge in [0.25, 0.3) is 0 Å². The molecule has 0 atom stereocenters. The number of allylic oxidation sites excluding steroid dienone is 3. The largest absolute Gasteiger partial charge is 0.870 e. The van der Waals surface area contributed by atoms with Crippen LogP contribution in [0, 0.1) is 5.39 Å². The van der Waals surface area contributed by atoms with Crippen LogP contribution in [0.5, 0.6) is 0 Å². The SMILES string of the molecule is N#[N+]C1=CCC(=S(=O)=O)C=C1.[OH-]. The van der Waals surface area contributed by atoms with Gasteiger partial charge in [0.1, 0.15) is 0 Å². The van der Waals surface area contributed by atoms with E-state index in [0.717, 1.165) is 0 Å². The summed E-state index contributed by atoms with van der Waals surface area (Å²) in [5, 5.41) is 8.26. The van der Waals surface area contributed by atoms with E-state index in [0.29, 0.717) is 17.0 Å². The second-order valence-corrected chi connectivity index (χ2v) is 2.96. The molecule has 0 radical (unpaired) electrons. The van der Waals surface area contributed by atoms with Crippen LogP contribution in [0.4, 0.5) is 0 Å². The smallest absolute Gasteiger partial charge is 0.381 e. The highest BCUT2D eigenvalue weighted by atomic mass is 32.2. The zero-order chi connectivity index (χ0) is 8.27. The van der Waals surface area contributed by atoms with E-state index in [-0.39, 0.29) is 5.48 Å². The minimum Gasteiger partial charge on any atom is -0.870 e. The van der Waals surface area contributed by atoms with Crippen LogP contribution in [0.25, 0.3) is 4.98 Å². The normalized spacial score (nSPS) is 14.2. The van der Waals surface area contributed by atoms with Gasteiger partial charge in [-0.2, -0.15) is 8.42 Å². The Labute approximate surface area is 70.5 Å². The number of rotatable bonds is 0. The van der Waals surface area contributed by atoms with E-state index in [2.05, 4.69) is 4.98 Å². The molecule has 0 aromatic carbocycles. The first-order chi connectivity index (χ1) is 5.24. The van der Waals surface area contributed by atoms with Gasteiger partial charge >= 0.3 is 5.70 Å². The molecule has 0 saturated carbocycles. The Bertz CT molecular complexity index is 389. The predicted molar refractivity (Wildman–Crippen MR) is 42.8 cm³/mol. The van der Waals surface area contributed by atoms with Gasteiger partial charge in [-0.25, -0.2) is 0 Å². The lowest BCUT2D eigenvalue weighted by Crippen LogP contribution is -1.97. The van der Waals surface area contributed by atoms with Gasteiger partial charge < -0.3 is 5.48 Å². The molecule has 12 heavy (non-hydrogen) atoms. The van der Waals surface area contributed by atoms with E-state index in [1.807, 2.05) is 0 Å². The Morgan fingerprint density at radius 2 is 2.08 bits per heavy atom. The number of hydrogen-bond donors (Lipinski definition) is 0. The van der Waals surface area contributed by atoms with Crippen molar-refractivity contribution in [1.29, 1.82) is 5.39 Å². The maximum Gasteiger partial charge on any atom is 0.381 e. The third-order valence-electron chi connectivity index (χ3n) is 1.28. The summed E-state index contributed by atoms with van der Waals surface area (Å²) in [6, 6.07) is 0. The summed E-state index contributed by atoms with van der Waals surface area (Å²) in [5.41, 5.74) is 0.388. The zero-order valence-electron chi connectivity index (χ0n) is 6.01. The average molecular weight is 186 g/mol. The van der Waals surface area contributed by atoms with Crippen LogP contribution in [0.15, 0.2) is 23.9 Å². The Morgan fingerprint density at radius 1 is 1.42 bits per heavy atom. The topological polar surface area (TPSA) is 92.3 Å². The van der Waals surface area contributed by atoms with Crippen molar-refractivity contribution < 1.29 is 13.9 Å². The van der Waals surface area contributed by atoms with Crippen LogP contribution in [0.1, 0.15) is 6.42 Å². The summed E-state index contributed by atoms with van der Waals surface area (Å²) >= 11 is 0. The summed E-state index contributed by atoms with van der Waals surface area (Å²) in [4.78, 5) is 3.20. The molecule has 0 spiro atoms. The van der Waals surface area contributed by atoms with E-state index in [1.165, 1.54) is 18.2 Å². The van der Waals surface area contributed by atoms with Crippen LogP contribution in [-0.2, 0) is 10.3 Å². The molecule has 0 fully saturated rings. The molecular weight excluding hydrogens is 180 g/mol. The molecule has 0 heterocycles. The number of diazo groups is 1. The quantitative estimate of drug-likeness (QED) is 0.408. The molecule has 5 nitrogen and oxygen atoms in total. The molecule has 1 aliphatic rings. The fourth-order valence-corrected chi connectivity index (χ4v) is 1.12. The standard InChI is InChI=1S/C6H5N2O2S.H2O/c7-8-5-1-3-6(4-2-5)11(9)10;/h1-3H,4H2;1H2/q+1;/p-1. The molecule has 0 amide bonds. The first kappa shape index (κ1) is 10.6. The third-order valence-corrected chi connectivity index (χ3v) is 2.01.